The van der Waals surface area contributed by atoms with Gasteiger partial charge in [-0.1, -0.05) is 50.3 Å². The summed E-state index contributed by atoms with van der Waals surface area (Å²) in [6.07, 6.45) is 12.1. The Bertz CT molecular complexity index is 472. The minimum atomic E-state index is 0.0935. The Morgan fingerprint density at radius 3 is 2.76 bits per heavy atom. The van der Waals surface area contributed by atoms with Gasteiger partial charge in [-0.2, -0.15) is 0 Å². The molecule has 0 aromatic heterocycles. The van der Waals surface area contributed by atoms with E-state index in [1.807, 2.05) is 6.08 Å². The van der Waals surface area contributed by atoms with Crippen molar-refractivity contribution in [3.63, 3.8) is 0 Å². The lowest BCUT2D eigenvalue weighted by Gasteiger charge is -2.57. The molecule has 2 aliphatic rings. The highest BCUT2D eigenvalue weighted by atomic mass is 16.1. The number of aldehydes is 1. The zero-order chi connectivity index (χ0) is 15.7. The summed E-state index contributed by atoms with van der Waals surface area (Å²) in [5, 5.41) is 0. The molecule has 0 bridgehead atoms. The molecule has 0 aromatic rings. The molecule has 0 N–H and O–H groups in total. The largest absolute Gasteiger partial charge is 0.303 e. The second kappa shape index (κ2) is 5.94. The van der Waals surface area contributed by atoms with E-state index in [9.17, 15) is 4.79 Å². The van der Waals surface area contributed by atoms with Crippen LogP contribution in [0.15, 0.2) is 36.5 Å². The second-order valence-corrected chi connectivity index (χ2v) is 7.58. The van der Waals surface area contributed by atoms with Gasteiger partial charge in [0.2, 0.25) is 0 Å². The minimum Gasteiger partial charge on any atom is -0.303 e. The summed E-state index contributed by atoms with van der Waals surface area (Å²) in [6.45, 7) is 14.9. The highest BCUT2D eigenvalue weighted by Crippen LogP contribution is 2.61. The first-order valence-corrected chi connectivity index (χ1v) is 8.31. The molecule has 0 aliphatic heterocycles. The summed E-state index contributed by atoms with van der Waals surface area (Å²) >= 11 is 0. The predicted molar refractivity (Wildman–Crippen MR) is 90.1 cm³/mol. The lowest BCUT2D eigenvalue weighted by atomic mass is 9.47. The summed E-state index contributed by atoms with van der Waals surface area (Å²) < 4.78 is 0. The Labute approximate surface area is 130 Å². The van der Waals surface area contributed by atoms with Crippen molar-refractivity contribution < 1.29 is 4.79 Å². The zero-order valence-corrected chi connectivity index (χ0v) is 14.0. The van der Waals surface area contributed by atoms with Crippen molar-refractivity contribution in [1.29, 1.82) is 0 Å². The summed E-state index contributed by atoms with van der Waals surface area (Å²) in [5.41, 5.74) is 3.01. The third-order valence-electron chi connectivity index (χ3n) is 6.63. The molecule has 0 saturated heterocycles. The maximum Gasteiger partial charge on any atom is 0.123 e. The van der Waals surface area contributed by atoms with Crippen molar-refractivity contribution >= 4 is 6.29 Å². The molecule has 4 atom stereocenters. The van der Waals surface area contributed by atoms with Crippen molar-refractivity contribution in [3.8, 4) is 0 Å². The van der Waals surface area contributed by atoms with Gasteiger partial charge in [0.15, 0.2) is 0 Å². The van der Waals surface area contributed by atoms with Crippen LogP contribution in [0.3, 0.4) is 0 Å². The third kappa shape index (κ3) is 2.67. The average Bonchev–Trinajstić information content (AvgIpc) is 2.47. The zero-order valence-electron chi connectivity index (χ0n) is 14.0. The first kappa shape index (κ1) is 16.3. The van der Waals surface area contributed by atoms with E-state index in [1.165, 1.54) is 18.3 Å². The quantitative estimate of drug-likeness (QED) is 0.371. The third-order valence-corrected chi connectivity index (χ3v) is 6.63. The van der Waals surface area contributed by atoms with Crippen molar-refractivity contribution in [2.24, 2.45) is 22.7 Å². The van der Waals surface area contributed by atoms with Crippen LogP contribution in [-0.2, 0) is 4.79 Å². The summed E-state index contributed by atoms with van der Waals surface area (Å²) in [7, 11) is 0. The van der Waals surface area contributed by atoms with Crippen LogP contribution in [0.5, 0.6) is 0 Å². The van der Waals surface area contributed by atoms with Crippen molar-refractivity contribution in [2.75, 3.05) is 0 Å². The summed E-state index contributed by atoms with van der Waals surface area (Å²) in [5.74, 6) is 0.802. The molecule has 0 radical (unpaired) electrons. The SMILES string of the molecule is C=CC(=C)CC[C@@]1(C)[C@H](C=O)CC[C@@]2(C)C(C)=CCC[C@H]12. The number of carbonyl (C=O) groups is 1. The van der Waals surface area contributed by atoms with Gasteiger partial charge in [0.05, 0.1) is 0 Å². The van der Waals surface area contributed by atoms with Gasteiger partial charge in [0.1, 0.15) is 6.29 Å². The number of allylic oxidation sites excluding steroid dienone is 4. The van der Waals surface area contributed by atoms with Crippen LogP contribution in [0.25, 0.3) is 0 Å². The highest BCUT2D eigenvalue weighted by Gasteiger charge is 2.54. The predicted octanol–water partition coefficient (Wildman–Crippen LogP) is 5.49. The molecule has 0 spiro atoms. The molecule has 116 valence electrons. The molecule has 1 saturated carbocycles. The normalized spacial score (nSPS) is 39.1. The van der Waals surface area contributed by atoms with E-state index in [0.29, 0.717) is 5.92 Å². The monoisotopic (exact) mass is 286 g/mol. The molecule has 0 unspecified atom stereocenters. The van der Waals surface area contributed by atoms with Crippen LogP contribution in [0.2, 0.25) is 0 Å². The molecule has 0 amide bonds. The Morgan fingerprint density at radius 1 is 1.43 bits per heavy atom. The molecular weight excluding hydrogens is 256 g/mol. The van der Waals surface area contributed by atoms with Crippen LogP contribution >= 0.6 is 0 Å². The van der Waals surface area contributed by atoms with Crippen LogP contribution < -0.4 is 0 Å². The Morgan fingerprint density at radius 2 is 2.14 bits per heavy atom. The van der Waals surface area contributed by atoms with Gasteiger partial charge in [-0.3, -0.25) is 0 Å². The molecule has 1 fully saturated rings. The Hall–Kier alpha value is -1.11. The van der Waals surface area contributed by atoms with Crippen molar-refractivity contribution in [1.82, 2.24) is 0 Å². The minimum absolute atomic E-state index is 0.0935. The maximum atomic E-state index is 11.7. The number of carbonyl (C=O) groups excluding carboxylic acids is 1. The molecular formula is C20H30O. The number of fused-ring (bicyclic) bond motifs is 1. The van der Waals surface area contributed by atoms with Gasteiger partial charge in [-0.15, -0.1) is 0 Å². The van der Waals surface area contributed by atoms with Crippen LogP contribution in [0.1, 0.15) is 59.3 Å². The summed E-state index contributed by atoms with van der Waals surface area (Å²) in [4.78, 5) is 11.7. The lowest BCUT2D eigenvalue weighted by Crippen LogP contribution is -2.50. The van der Waals surface area contributed by atoms with E-state index >= 15 is 0 Å². The van der Waals surface area contributed by atoms with Gasteiger partial charge in [-0.25, -0.2) is 0 Å². The molecule has 1 nitrogen and oxygen atoms in total. The molecule has 0 heterocycles. The van der Waals surface area contributed by atoms with Gasteiger partial charge >= 0.3 is 0 Å². The van der Waals surface area contributed by atoms with Crippen LogP contribution in [-0.4, -0.2) is 6.29 Å². The number of hydrogen-bond donors (Lipinski definition) is 0. The Kier molecular flexibility index (Phi) is 4.60. The van der Waals surface area contributed by atoms with E-state index < -0.39 is 0 Å². The highest BCUT2D eigenvalue weighted by molar-refractivity contribution is 5.56. The van der Waals surface area contributed by atoms with E-state index in [0.717, 1.165) is 37.7 Å². The maximum absolute atomic E-state index is 11.7. The fourth-order valence-electron chi connectivity index (χ4n) is 4.88. The standard InChI is InChI=1S/C20H30O/c1-6-15(2)10-12-20(5)17(14-21)11-13-19(4)16(3)8-7-9-18(19)20/h6,8,14,17-18H,1-2,7,9-13H2,3-5H3/t17-,18-,19-,20-/m0/s1. The fraction of sp³-hybridized carbons (Fsp3) is 0.650. The van der Waals surface area contributed by atoms with Crippen molar-refractivity contribution in [2.45, 2.75) is 59.3 Å². The summed E-state index contributed by atoms with van der Waals surface area (Å²) in [6, 6.07) is 0. The van der Waals surface area contributed by atoms with Crippen LogP contribution in [0.4, 0.5) is 0 Å². The topological polar surface area (TPSA) is 17.1 Å². The number of hydrogen-bond acceptors (Lipinski definition) is 1. The van der Waals surface area contributed by atoms with E-state index in [2.05, 4.69) is 40.0 Å². The first-order chi connectivity index (χ1) is 9.88. The average molecular weight is 286 g/mol. The lowest BCUT2D eigenvalue weighted by molar-refractivity contribution is -0.124. The molecule has 1 heteroatoms. The number of rotatable bonds is 5. The van der Waals surface area contributed by atoms with Gasteiger partial charge in [0, 0.05) is 5.92 Å². The molecule has 0 aromatic carbocycles. The Balaban J connectivity index is 2.33. The smallest absolute Gasteiger partial charge is 0.123 e. The van der Waals surface area contributed by atoms with Crippen LogP contribution in [0, 0.1) is 22.7 Å². The van der Waals surface area contributed by atoms with E-state index in [1.54, 1.807) is 0 Å². The first-order valence-electron chi connectivity index (χ1n) is 8.31. The van der Waals surface area contributed by atoms with Crippen molar-refractivity contribution in [3.05, 3.63) is 36.5 Å². The van der Waals surface area contributed by atoms with Gasteiger partial charge < -0.3 is 4.79 Å². The molecule has 2 aliphatic carbocycles. The molecule has 2 rings (SSSR count). The molecule has 21 heavy (non-hydrogen) atoms. The van der Waals surface area contributed by atoms with E-state index in [4.69, 9.17) is 0 Å². The second-order valence-electron chi connectivity index (χ2n) is 7.58. The van der Waals surface area contributed by atoms with Gasteiger partial charge in [-0.05, 0) is 62.2 Å². The van der Waals surface area contributed by atoms with Gasteiger partial charge in [0.25, 0.3) is 0 Å². The fourth-order valence-corrected chi connectivity index (χ4v) is 4.88. The van der Waals surface area contributed by atoms with E-state index in [-0.39, 0.29) is 16.7 Å².